The molecule has 100 valence electrons. The topological polar surface area (TPSA) is 41.6 Å². The smallest absolute Gasteiger partial charge is 0.373 e. The lowest BCUT2D eigenvalue weighted by atomic mass is 10.2. The van der Waals surface area contributed by atoms with Gasteiger partial charge in [-0.2, -0.15) is 13.2 Å². The zero-order chi connectivity index (χ0) is 12.9. The van der Waals surface area contributed by atoms with E-state index in [2.05, 4.69) is 5.32 Å². The van der Waals surface area contributed by atoms with E-state index in [1.165, 1.54) is 4.90 Å². The number of nitrogens with one attached hydrogen (secondary N) is 1. The summed E-state index contributed by atoms with van der Waals surface area (Å²) in [5.41, 5.74) is 0. The van der Waals surface area contributed by atoms with Crippen molar-refractivity contribution in [1.29, 1.82) is 0 Å². The average molecular weight is 254 g/mol. The lowest BCUT2D eigenvalue weighted by Gasteiger charge is -2.33. The van der Waals surface area contributed by atoms with Crippen molar-refractivity contribution in [3.8, 4) is 0 Å². The first-order chi connectivity index (χ1) is 7.92. The standard InChI is InChI=1S/C10H17F3N2O2/c1-14-6-8-7-15(4-5-17-8)9(16)2-3-10(11,12)13/h8,14H,2-7H2,1H3. The summed E-state index contributed by atoms with van der Waals surface area (Å²) in [5, 5.41) is 2.91. The van der Waals surface area contributed by atoms with E-state index in [1.807, 2.05) is 0 Å². The highest BCUT2D eigenvalue weighted by Crippen LogP contribution is 2.22. The van der Waals surface area contributed by atoms with Crippen LogP contribution in [0.2, 0.25) is 0 Å². The Morgan fingerprint density at radius 2 is 2.24 bits per heavy atom. The Kier molecular flexibility index (Phi) is 5.20. The van der Waals surface area contributed by atoms with Crippen LogP contribution in [-0.4, -0.2) is 56.4 Å². The number of carbonyl (C=O) groups is 1. The van der Waals surface area contributed by atoms with Crippen molar-refractivity contribution in [3.05, 3.63) is 0 Å². The summed E-state index contributed by atoms with van der Waals surface area (Å²) >= 11 is 0. The molecule has 0 radical (unpaired) electrons. The lowest BCUT2D eigenvalue weighted by Crippen LogP contribution is -2.48. The van der Waals surface area contributed by atoms with Gasteiger partial charge in [-0.25, -0.2) is 0 Å². The van der Waals surface area contributed by atoms with E-state index < -0.39 is 24.9 Å². The third kappa shape index (κ3) is 5.36. The second-order valence-corrected chi connectivity index (χ2v) is 4.01. The molecule has 0 aromatic rings. The van der Waals surface area contributed by atoms with Gasteiger partial charge >= 0.3 is 6.18 Å². The molecule has 0 bridgehead atoms. The molecule has 1 aliphatic heterocycles. The molecule has 1 amide bonds. The van der Waals surface area contributed by atoms with Gasteiger partial charge in [-0.1, -0.05) is 0 Å². The maximum atomic E-state index is 12.0. The van der Waals surface area contributed by atoms with Gasteiger partial charge in [0.1, 0.15) is 0 Å². The highest BCUT2D eigenvalue weighted by atomic mass is 19.4. The van der Waals surface area contributed by atoms with Crippen molar-refractivity contribution >= 4 is 5.91 Å². The van der Waals surface area contributed by atoms with Gasteiger partial charge in [0.15, 0.2) is 0 Å². The fourth-order valence-electron chi connectivity index (χ4n) is 1.70. The van der Waals surface area contributed by atoms with Crippen molar-refractivity contribution in [2.75, 3.05) is 33.3 Å². The third-order valence-electron chi connectivity index (χ3n) is 2.55. The van der Waals surface area contributed by atoms with Gasteiger partial charge in [0.2, 0.25) is 5.91 Å². The van der Waals surface area contributed by atoms with E-state index in [1.54, 1.807) is 7.05 Å². The van der Waals surface area contributed by atoms with Gasteiger partial charge < -0.3 is 15.0 Å². The summed E-state index contributed by atoms with van der Waals surface area (Å²) in [7, 11) is 1.76. The molecule has 7 heteroatoms. The summed E-state index contributed by atoms with van der Waals surface area (Å²) in [6.07, 6.45) is -5.94. The van der Waals surface area contributed by atoms with E-state index in [-0.39, 0.29) is 6.10 Å². The Balaban J connectivity index is 2.36. The molecule has 17 heavy (non-hydrogen) atoms. The molecule has 0 aromatic carbocycles. The summed E-state index contributed by atoms with van der Waals surface area (Å²) < 4.78 is 41.3. The summed E-state index contributed by atoms with van der Waals surface area (Å²) in [4.78, 5) is 13.0. The van der Waals surface area contributed by atoms with Crippen molar-refractivity contribution < 1.29 is 22.7 Å². The minimum absolute atomic E-state index is 0.136. The number of alkyl halides is 3. The van der Waals surface area contributed by atoms with Crippen molar-refractivity contribution in [2.45, 2.75) is 25.1 Å². The molecule has 1 unspecified atom stereocenters. The van der Waals surface area contributed by atoms with Crippen LogP contribution in [0, 0.1) is 0 Å². The second-order valence-electron chi connectivity index (χ2n) is 4.01. The SMILES string of the molecule is CNCC1CN(C(=O)CCC(F)(F)F)CCO1. The fourth-order valence-corrected chi connectivity index (χ4v) is 1.70. The zero-order valence-corrected chi connectivity index (χ0v) is 9.72. The monoisotopic (exact) mass is 254 g/mol. The van der Waals surface area contributed by atoms with Gasteiger partial charge in [0, 0.05) is 26.1 Å². The minimum atomic E-state index is -4.27. The van der Waals surface area contributed by atoms with Crippen LogP contribution in [0.15, 0.2) is 0 Å². The van der Waals surface area contributed by atoms with E-state index in [4.69, 9.17) is 4.74 Å². The molecular formula is C10H17F3N2O2. The van der Waals surface area contributed by atoms with E-state index in [0.717, 1.165) is 0 Å². The predicted octanol–water partition coefficient (Wildman–Crippen LogP) is 0.776. The van der Waals surface area contributed by atoms with Crippen LogP contribution in [0.1, 0.15) is 12.8 Å². The molecule has 1 N–H and O–H groups in total. The average Bonchev–Trinajstić information content (AvgIpc) is 2.26. The van der Waals surface area contributed by atoms with Crippen molar-refractivity contribution in [3.63, 3.8) is 0 Å². The number of rotatable bonds is 4. The number of likely N-dealkylation sites (N-methyl/N-ethyl adjacent to an activating group) is 1. The second kappa shape index (κ2) is 6.20. The Morgan fingerprint density at radius 3 is 2.82 bits per heavy atom. The number of carbonyl (C=O) groups excluding carboxylic acids is 1. The Morgan fingerprint density at radius 1 is 1.53 bits per heavy atom. The molecule has 0 saturated carbocycles. The van der Waals surface area contributed by atoms with Crippen molar-refractivity contribution in [2.24, 2.45) is 0 Å². The molecule has 1 fully saturated rings. The van der Waals surface area contributed by atoms with Gasteiger partial charge in [0.05, 0.1) is 19.1 Å². The molecule has 1 saturated heterocycles. The van der Waals surface area contributed by atoms with E-state index in [0.29, 0.717) is 26.2 Å². The minimum Gasteiger partial charge on any atom is -0.373 e. The number of amides is 1. The van der Waals surface area contributed by atoms with Crippen LogP contribution in [0.4, 0.5) is 13.2 Å². The molecule has 0 aromatic heterocycles. The highest BCUT2D eigenvalue weighted by Gasteiger charge is 2.30. The van der Waals surface area contributed by atoms with Gasteiger partial charge in [-0.15, -0.1) is 0 Å². The van der Waals surface area contributed by atoms with Crippen LogP contribution in [0.3, 0.4) is 0 Å². The Bertz CT molecular complexity index is 256. The van der Waals surface area contributed by atoms with Gasteiger partial charge in [0.25, 0.3) is 0 Å². The number of hydrogen-bond donors (Lipinski definition) is 1. The zero-order valence-electron chi connectivity index (χ0n) is 9.72. The van der Waals surface area contributed by atoms with Crippen molar-refractivity contribution in [1.82, 2.24) is 10.2 Å². The Labute approximate surface area is 98.1 Å². The molecule has 1 rings (SSSR count). The van der Waals surface area contributed by atoms with Gasteiger partial charge in [-0.05, 0) is 7.05 Å². The maximum Gasteiger partial charge on any atom is 0.389 e. The summed E-state index contributed by atoms with van der Waals surface area (Å²) in [5.74, 6) is -0.452. The first kappa shape index (κ1) is 14.2. The molecule has 4 nitrogen and oxygen atoms in total. The molecular weight excluding hydrogens is 237 g/mol. The molecule has 0 aliphatic carbocycles. The van der Waals surface area contributed by atoms with Crippen LogP contribution < -0.4 is 5.32 Å². The van der Waals surface area contributed by atoms with Crippen LogP contribution in [0.25, 0.3) is 0 Å². The van der Waals surface area contributed by atoms with E-state index in [9.17, 15) is 18.0 Å². The lowest BCUT2D eigenvalue weighted by molar-refractivity contribution is -0.153. The number of morpholine rings is 1. The number of nitrogens with zero attached hydrogens (tertiary/aromatic N) is 1. The Hall–Kier alpha value is -0.820. The summed E-state index contributed by atoms with van der Waals surface area (Å²) in [6, 6.07) is 0. The van der Waals surface area contributed by atoms with Gasteiger partial charge in [-0.3, -0.25) is 4.79 Å². The quantitative estimate of drug-likeness (QED) is 0.806. The van der Waals surface area contributed by atoms with Crippen LogP contribution >= 0.6 is 0 Å². The highest BCUT2D eigenvalue weighted by molar-refractivity contribution is 5.76. The third-order valence-corrected chi connectivity index (χ3v) is 2.55. The van der Waals surface area contributed by atoms with Crippen LogP contribution in [0.5, 0.6) is 0 Å². The summed E-state index contributed by atoms with van der Waals surface area (Å²) in [6.45, 7) is 1.70. The predicted molar refractivity (Wildman–Crippen MR) is 55.5 cm³/mol. The molecule has 1 heterocycles. The molecule has 0 spiro atoms. The molecule has 1 atom stereocenters. The fraction of sp³-hybridized carbons (Fsp3) is 0.900. The van der Waals surface area contributed by atoms with Crippen LogP contribution in [-0.2, 0) is 9.53 Å². The maximum absolute atomic E-state index is 12.0. The number of halogens is 3. The normalized spacial score (nSPS) is 21.6. The molecule has 1 aliphatic rings. The first-order valence-electron chi connectivity index (χ1n) is 5.53. The number of hydrogen-bond acceptors (Lipinski definition) is 3. The van der Waals surface area contributed by atoms with E-state index >= 15 is 0 Å². The largest absolute Gasteiger partial charge is 0.389 e. The first-order valence-corrected chi connectivity index (χ1v) is 5.53. The number of ether oxygens (including phenoxy) is 1.